The van der Waals surface area contributed by atoms with E-state index in [2.05, 4.69) is 44.7 Å². The summed E-state index contributed by atoms with van der Waals surface area (Å²) in [6, 6.07) is 13.9. The van der Waals surface area contributed by atoms with E-state index in [-0.39, 0.29) is 18.0 Å². The lowest BCUT2D eigenvalue weighted by molar-refractivity contribution is -0.192. The maximum atomic E-state index is 13.1. The number of carbonyl (C=O) groups excluding carboxylic acids is 2. The molecular weight excluding hydrogens is 593 g/mol. The van der Waals surface area contributed by atoms with Crippen molar-refractivity contribution in [2.24, 2.45) is 13.0 Å². The summed E-state index contributed by atoms with van der Waals surface area (Å²) in [7, 11) is 1.73. The predicted octanol–water partition coefficient (Wildman–Crippen LogP) is 2.74. The molecule has 0 spiro atoms. The van der Waals surface area contributed by atoms with E-state index in [0.29, 0.717) is 11.9 Å². The number of piperidine rings is 2. The number of nitrogens with one attached hydrogen (secondary N) is 2. The second-order valence-electron chi connectivity index (χ2n) is 11.7. The molecule has 2 amide bonds. The highest BCUT2D eigenvalue weighted by molar-refractivity contribution is 6.00. The first-order valence-corrected chi connectivity index (χ1v) is 15.1. The molecule has 0 bridgehead atoms. The molecule has 3 saturated heterocycles. The van der Waals surface area contributed by atoms with Crippen molar-refractivity contribution in [2.75, 3.05) is 50.7 Å². The number of aromatic nitrogens is 2. The molecule has 3 aromatic rings. The highest BCUT2D eigenvalue weighted by atomic mass is 19.4. The molecule has 3 aliphatic heterocycles. The molecule has 45 heavy (non-hydrogen) atoms. The number of aliphatic carboxylic acids is 1. The van der Waals surface area contributed by atoms with Crippen molar-refractivity contribution >= 4 is 34.5 Å². The first kappa shape index (κ1) is 32.2. The lowest BCUT2D eigenvalue weighted by atomic mass is 9.97. The number of imidazole rings is 1. The van der Waals surface area contributed by atoms with Gasteiger partial charge in [0.2, 0.25) is 11.8 Å². The standard InChI is InChI=1S/C29H36N6O3.C2HF3O2/c1-32-26-18-22(4-7-24(26)35(29(32)38)25-8-9-27(36)31-28(25)37)21-2-5-23(6-3-21)34-16-14-33(15-17-34)19-20-10-12-30-13-11-20;3-2(4,5)1(6)7/h2-7,18,20,25,30H,8-17,19H2,1H3,(H,31,36,37);(H,6,7). The van der Waals surface area contributed by atoms with E-state index in [1.807, 2.05) is 18.2 Å². The van der Waals surface area contributed by atoms with Crippen LogP contribution in [0.15, 0.2) is 47.3 Å². The van der Waals surface area contributed by atoms with Crippen LogP contribution < -0.4 is 21.2 Å². The van der Waals surface area contributed by atoms with Crippen molar-refractivity contribution in [1.29, 1.82) is 0 Å². The number of carbonyl (C=O) groups is 3. The Morgan fingerprint density at radius 3 is 2.13 bits per heavy atom. The van der Waals surface area contributed by atoms with E-state index >= 15 is 0 Å². The number of nitrogens with zero attached hydrogens (tertiary/aromatic N) is 4. The van der Waals surface area contributed by atoms with Crippen molar-refractivity contribution in [3.05, 3.63) is 52.9 Å². The molecule has 0 radical (unpaired) electrons. The number of carboxylic acids is 1. The van der Waals surface area contributed by atoms with E-state index in [9.17, 15) is 27.6 Å². The van der Waals surface area contributed by atoms with Gasteiger partial charge in [0, 0.05) is 51.9 Å². The third-order valence-electron chi connectivity index (χ3n) is 8.77. The van der Waals surface area contributed by atoms with Crippen LogP contribution in [-0.2, 0) is 21.4 Å². The summed E-state index contributed by atoms with van der Waals surface area (Å²) in [6.45, 7) is 7.86. The average molecular weight is 631 g/mol. The Balaban J connectivity index is 0.000000515. The molecular formula is C31H37F3N6O5. The van der Waals surface area contributed by atoms with Gasteiger partial charge in [-0.15, -0.1) is 0 Å². The molecule has 1 atom stereocenters. The molecule has 0 saturated carbocycles. The quantitative estimate of drug-likeness (QED) is 0.368. The molecule has 0 aliphatic carbocycles. The fraction of sp³-hybridized carbons (Fsp3) is 0.484. The van der Waals surface area contributed by atoms with Crippen LogP contribution in [0.5, 0.6) is 0 Å². The molecule has 3 aliphatic rings. The minimum Gasteiger partial charge on any atom is -0.475 e. The summed E-state index contributed by atoms with van der Waals surface area (Å²) in [5, 5.41) is 12.9. The SMILES string of the molecule is Cn1c(=O)n(C2CCC(=O)NC2=O)c2ccc(-c3ccc(N4CCN(CC5CCNCC5)CC4)cc3)cc21.O=C(O)C(F)(F)F. The average Bonchev–Trinajstić information content (AvgIpc) is 3.27. The maximum absolute atomic E-state index is 13.1. The number of carboxylic acid groups (broad SMARTS) is 1. The van der Waals surface area contributed by atoms with Gasteiger partial charge in [0.1, 0.15) is 6.04 Å². The van der Waals surface area contributed by atoms with E-state index in [1.54, 1.807) is 11.6 Å². The van der Waals surface area contributed by atoms with Crippen molar-refractivity contribution in [3.8, 4) is 11.1 Å². The number of benzene rings is 2. The lowest BCUT2D eigenvalue weighted by Gasteiger charge is -2.38. The highest BCUT2D eigenvalue weighted by Gasteiger charge is 2.38. The third-order valence-corrected chi connectivity index (χ3v) is 8.77. The van der Waals surface area contributed by atoms with Gasteiger partial charge < -0.3 is 15.3 Å². The van der Waals surface area contributed by atoms with E-state index in [0.717, 1.165) is 61.8 Å². The van der Waals surface area contributed by atoms with Gasteiger partial charge in [0.25, 0.3) is 0 Å². The fourth-order valence-corrected chi connectivity index (χ4v) is 6.26. The Hall–Kier alpha value is -4.17. The molecule has 4 heterocycles. The Bertz CT molecular complexity index is 1600. The summed E-state index contributed by atoms with van der Waals surface area (Å²) in [4.78, 5) is 51.1. The smallest absolute Gasteiger partial charge is 0.475 e. The number of amides is 2. The van der Waals surface area contributed by atoms with Crippen LogP contribution in [0.3, 0.4) is 0 Å². The van der Waals surface area contributed by atoms with Crippen LogP contribution >= 0.6 is 0 Å². The van der Waals surface area contributed by atoms with Gasteiger partial charge in [-0.05, 0) is 73.7 Å². The first-order chi connectivity index (χ1) is 21.4. The molecule has 1 aromatic heterocycles. The van der Waals surface area contributed by atoms with Crippen LogP contribution in [0.25, 0.3) is 22.2 Å². The fourth-order valence-electron chi connectivity index (χ4n) is 6.26. The summed E-state index contributed by atoms with van der Waals surface area (Å²) in [5.74, 6) is -2.63. The van der Waals surface area contributed by atoms with Crippen LogP contribution in [-0.4, -0.2) is 88.9 Å². The van der Waals surface area contributed by atoms with Crippen LogP contribution in [0.1, 0.15) is 31.7 Å². The number of piperazine rings is 1. The summed E-state index contributed by atoms with van der Waals surface area (Å²) >= 11 is 0. The molecule has 3 fully saturated rings. The van der Waals surface area contributed by atoms with Crippen molar-refractivity contribution in [2.45, 2.75) is 37.9 Å². The summed E-state index contributed by atoms with van der Waals surface area (Å²) in [6.07, 6.45) is -1.93. The van der Waals surface area contributed by atoms with Gasteiger partial charge in [0.15, 0.2) is 0 Å². The number of hydrogen-bond donors (Lipinski definition) is 3. The Kier molecular flexibility index (Phi) is 9.63. The molecule has 242 valence electrons. The second kappa shape index (κ2) is 13.4. The van der Waals surface area contributed by atoms with Gasteiger partial charge in [0.05, 0.1) is 11.0 Å². The monoisotopic (exact) mass is 630 g/mol. The molecule has 6 rings (SSSR count). The summed E-state index contributed by atoms with van der Waals surface area (Å²) < 4.78 is 34.8. The number of imide groups is 1. The van der Waals surface area contributed by atoms with E-state index in [4.69, 9.17) is 9.90 Å². The van der Waals surface area contributed by atoms with Gasteiger partial charge in [-0.2, -0.15) is 13.2 Å². The first-order valence-electron chi connectivity index (χ1n) is 15.1. The zero-order valence-electron chi connectivity index (χ0n) is 25.0. The van der Waals surface area contributed by atoms with E-state index < -0.39 is 24.1 Å². The largest absolute Gasteiger partial charge is 0.490 e. The highest BCUT2D eigenvalue weighted by Crippen LogP contribution is 2.29. The number of aryl methyl sites for hydroxylation is 1. The van der Waals surface area contributed by atoms with Gasteiger partial charge in [-0.25, -0.2) is 9.59 Å². The number of alkyl halides is 3. The zero-order chi connectivity index (χ0) is 32.3. The zero-order valence-corrected chi connectivity index (χ0v) is 25.0. The second-order valence-corrected chi connectivity index (χ2v) is 11.7. The molecule has 1 unspecified atom stereocenters. The van der Waals surface area contributed by atoms with E-state index in [1.165, 1.54) is 29.6 Å². The van der Waals surface area contributed by atoms with Gasteiger partial charge in [-0.1, -0.05) is 18.2 Å². The van der Waals surface area contributed by atoms with Gasteiger partial charge in [-0.3, -0.25) is 28.9 Å². The van der Waals surface area contributed by atoms with Crippen LogP contribution in [0, 0.1) is 5.92 Å². The Morgan fingerprint density at radius 1 is 0.911 bits per heavy atom. The number of anilines is 1. The van der Waals surface area contributed by atoms with Crippen molar-refractivity contribution < 1.29 is 32.7 Å². The number of hydrogen-bond acceptors (Lipinski definition) is 7. The van der Waals surface area contributed by atoms with Crippen molar-refractivity contribution in [3.63, 3.8) is 0 Å². The predicted molar refractivity (Wildman–Crippen MR) is 162 cm³/mol. The molecule has 14 heteroatoms. The lowest BCUT2D eigenvalue weighted by Crippen LogP contribution is -2.48. The minimum absolute atomic E-state index is 0.233. The number of fused-ring (bicyclic) bond motifs is 1. The Labute approximate surface area is 257 Å². The number of halogens is 3. The van der Waals surface area contributed by atoms with Crippen molar-refractivity contribution in [1.82, 2.24) is 24.7 Å². The normalized spacial score (nSPS) is 20.1. The minimum atomic E-state index is -5.08. The topological polar surface area (TPSA) is 129 Å². The van der Waals surface area contributed by atoms with Gasteiger partial charge >= 0.3 is 17.8 Å². The molecule has 3 N–H and O–H groups in total. The molecule has 11 nitrogen and oxygen atoms in total. The third kappa shape index (κ3) is 7.39. The Morgan fingerprint density at radius 2 is 1.53 bits per heavy atom. The number of rotatable bonds is 5. The molecule has 2 aromatic carbocycles. The maximum Gasteiger partial charge on any atom is 0.490 e. The van der Waals surface area contributed by atoms with Crippen LogP contribution in [0.2, 0.25) is 0 Å². The van der Waals surface area contributed by atoms with Crippen LogP contribution in [0.4, 0.5) is 18.9 Å². The summed E-state index contributed by atoms with van der Waals surface area (Å²) in [5.41, 5.74) is 4.57.